The number of rotatable bonds is 5. The third kappa shape index (κ3) is 15.0. The molecule has 1 saturated heterocycles. The molecule has 38 heavy (non-hydrogen) atoms. The van der Waals surface area contributed by atoms with Crippen LogP contribution in [0, 0.1) is 5.92 Å². The number of ether oxygens (including phenoxy) is 1. The van der Waals surface area contributed by atoms with E-state index in [1.165, 1.54) is 44.9 Å². The minimum absolute atomic E-state index is 0.0390. The molecule has 1 aliphatic heterocycles. The summed E-state index contributed by atoms with van der Waals surface area (Å²) in [6.45, 7) is 13.2. The van der Waals surface area contributed by atoms with Gasteiger partial charge in [0.1, 0.15) is 0 Å². The molecular weight excluding hydrogens is 510 g/mol. The number of amides is 1. The molecule has 0 spiro atoms. The Morgan fingerprint density at radius 3 is 1.76 bits per heavy atom. The Labute approximate surface area is 224 Å². The number of hydrogen-bond acceptors (Lipinski definition) is 3. The van der Waals surface area contributed by atoms with Crippen LogP contribution in [0.25, 0.3) is 0 Å². The predicted octanol–water partition coefficient (Wildman–Crippen LogP) is 8.14. The fourth-order valence-electron chi connectivity index (χ4n) is 4.14. The maximum absolute atomic E-state index is 12.5. The largest absolute Gasteiger partial charge is 0.416 e. The molecule has 0 aromatic heterocycles. The number of carbonyl (C=O) groups excluding carboxylic acids is 1. The van der Waals surface area contributed by atoms with E-state index < -0.39 is 35.9 Å². The molecule has 1 aromatic carbocycles. The highest BCUT2D eigenvalue weighted by Crippen LogP contribution is 2.36. The van der Waals surface area contributed by atoms with Crippen molar-refractivity contribution in [2.24, 2.45) is 5.92 Å². The highest BCUT2D eigenvalue weighted by molar-refractivity contribution is 5.72. The van der Waals surface area contributed by atoms with Crippen molar-refractivity contribution in [3.8, 4) is 0 Å². The van der Waals surface area contributed by atoms with E-state index in [1.54, 1.807) is 0 Å². The summed E-state index contributed by atoms with van der Waals surface area (Å²) in [6.07, 6.45) is -0.466. The molecule has 222 valence electrons. The highest BCUT2D eigenvalue weighted by atomic mass is 19.4. The molecule has 2 aliphatic rings. The van der Waals surface area contributed by atoms with Gasteiger partial charge in [-0.3, -0.25) is 4.79 Å². The van der Waals surface area contributed by atoms with Gasteiger partial charge in [-0.1, -0.05) is 47.5 Å². The maximum Gasteiger partial charge on any atom is 0.416 e. The van der Waals surface area contributed by atoms with E-state index >= 15 is 0 Å². The van der Waals surface area contributed by atoms with Gasteiger partial charge in [-0.05, 0) is 61.8 Å². The first-order valence-electron chi connectivity index (χ1n) is 13.7. The number of carbonyl (C=O) groups is 1. The number of alkyl halides is 6. The second-order valence-corrected chi connectivity index (χ2v) is 9.37. The van der Waals surface area contributed by atoms with E-state index in [0.29, 0.717) is 12.1 Å². The van der Waals surface area contributed by atoms with Crippen LogP contribution < -0.4 is 10.6 Å². The third-order valence-corrected chi connectivity index (χ3v) is 6.00. The topological polar surface area (TPSA) is 50.4 Å². The summed E-state index contributed by atoms with van der Waals surface area (Å²) in [5.41, 5.74) is -3.07. The molecule has 0 bridgehead atoms. The van der Waals surface area contributed by atoms with Crippen LogP contribution in [0.15, 0.2) is 18.2 Å². The Kier molecular flexibility index (Phi) is 17.6. The lowest BCUT2D eigenvalue weighted by atomic mass is 10.0. The molecule has 4 nitrogen and oxygen atoms in total. The zero-order valence-corrected chi connectivity index (χ0v) is 23.6. The van der Waals surface area contributed by atoms with Crippen LogP contribution in [-0.2, 0) is 28.4 Å². The summed E-state index contributed by atoms with van der Waals surface area (Å²) in [5.74, 6) is 0.443. The number of benzene rings is 1. The lowest BCUT2D eigenvalue weighted by Crippen LogP contribution is -2.40. The van der Waals surface area contributed by atoms with Crippen LogP contribution in [0.5, 0.6) is 0 Å². The molecule has 1 heterocycles. The van der Waals surface area contributed by atoms with Crippen molar-refractivity contribution in [1.82, 2.24) is 10.6 Å². The van der Waals surface area contributed by atoms with Gasteiger partial charge >= 0.3 is 12.4 Å². The summed E-state index contributed by atoms with van der Waals surface area (Å²) < 4.78 is 80.2. The smallest absolute Gasteiger partial charge is 0.381 e. The Hall–Kier alpha value is -1.81. The average Bonchev–Trinajstić information content (AvgIpc) is 3.32. The van der Waals surface area contributed by atoms with Crippen molar-refractivity contribution in [1.29, 1.82) is 0 Å². The van der Waals surface area contributed by atoms with Gasteiger partial charge in [-0.25, -0.2) is 0 Å². The monoisotopic (exact) mass is 556 g/mol. The zero-order chi connectivity index (χ0) is 29.4. The van der Waals surface area contributed by atoms with Gasteiger partial charge < -0.3 is 15.4 Å². The normalized spacial score (nSPS) is 19.7. The van der Waals surface area contributed by atoms with Crippen molar-refractivity contribution in [3.63, 3.8) is 0 Å². The molecular formula is C28H46F6N2O2. The first-order chi connectivity index (χ1) is 17.8. The van der Waals surface area contributed by atoms with Gasteiger partial charge in [0.15, 0.2) is 0 Å². The second kappa shape index (κ2) is 18.5. The Bertz CT molecular complexity index is 745. The molecule has 2 fully saturated rings. The number of halogens is 6. The molecule has 1 amide bonds. The van der Waals surface area contributed by atoms with Crippen LogP contribution in [0.2, 0.25) is 0 Å². The third-order valence-electron chi connectivity index (χ3n) is 6.00. The van der Waals surface area contributed by atoms with Crippen molar-refractivity contribution in [3.05, 3.63) is 34.9 Å². The van der Waals surface area contributed by atoms with Gasteiger partial charge in [-0.2, -0.15) is 26.3 Å². The van der Waals surface area contributed by atoms with Gasteiger partial charge in [0, 0.05) is 38.8 Å². The Morgan fingerprint density at radius 2 is 1.37 bits per heavy atom. The summed E-state index contributed by atoms with van der Waals surface area (Å²) in [6, 6.07) is 2.74. The predicted molar refractivity (Wildman–Crippen MR) is 140 cm³/mol. The van der Waals surface area contributed by atoms with Crippen LogP contribution in [-0.4, -0.2) is 31.2 Å². The summed E-state index contributed by atoms with van der Waals surface area (Å²) in [5, 5.41) is 5.95. The number of hydrogen-bond donors (Lipinski definition) is 2. The second-order valence-electron chi connectivity index (χ2n) is 9.37. The lowest BCUT2D eigenvalue weighted by Gasteiger charge is -2.26. The fourth-order valence-corrected chi connectivity index (χ4v) is 4.14. The minimum Gasteiger partial charge on any atom is -0.381 e. The first-order valence-corrected chi connectivity index (χ1v) is 13.7. The Balaban J connectivity index is 0.000000633. The van der Waals surface area contributed by atoms with Crippen LogP contribution >= 0.6 is 0 Å². The van der Waals surface area contributed by atoms with Gasteiger partial charge in [0.25, 0.3) is 0 Å². The van der Waals surface area contributed by atoms with E-state index in [1.807, 2.05) is 13.8 Å². The van der Waals surface area contributed by atoms with Crippen LogP contribution in [0.1, 0.15) is 103 Å². The quantitative estimate of drug-likeness (QED) is 0.360. The summed E-state index contributed by atoms with van der Waals surface area (Å²) in [7, 11) is 0. The summed E-state index contributed by atoms with van der Waals surface area (Å²) in [4.78, 5) is 10.6. The molecule has 2 atom stereocenters. The Morgan fingerprint density at radius 1 is 0.868 bits per heavy atom. The molecule has 10 heteroatoms. The fraction of sp³-hybridized carbons (Fsp3) is 0.750. The van der Waals surface area contributed by atoms with E-state index in [4.69, 9.17) is 4.74 Å². The SMILES string of the molecule is CC.CC(=O)NCc1cc(C(F)(F)F)cc(C(F)(F)F)c1.CCC.CCC1CC[C@@H](NC2CCOCC2)C1. The molecule has 1 unspecified atom stereocenters. The first kappa shape index (κ1) is 36.2. The molecule has 3 rings (SSSR count). The van der Waals surface area contributed by atoms with E-state index in [9.17, 15) is 31.1 Å². The van der Waals surface area contributed by atoms with Gasteiger partial charge in [0.05, 0.1) is 11.1 Å². The molecule has 0 radical (unpaired) electrons. The average molecular weight is 557 g/mol. The number of nitrogens with one attached hydrogen (secondary N) is 2. The molecule has 2 N–H and O–H groups in total. The molecule has 1 aromatic rings. The standard InChI is InChI=1S/C12H23NO.C11H9F6NO.C3H8.C2H6/c1-2-10-3-4-12(9-10)13-11-5-7-14-8-6-11;1-6(19)18-5-7-2-8(10(12,13)14)4-9(3-7)11(15,16)17;1-3-2;1-2/h10-13H,2-9H2,1H3;2-4H,5H2,1H3,(H,18,19);3H2,1-2H3;1-2H3/t10?,12-;;;/m1.../s1. The zero-order valence-electron chi connectivity index (χ0n) is 23.6. The van der Waals surface area contributed by atoms with E-state index in [0.717, 1.165) is 38.1 Å². The summed E-state index contributed by atoms with van der Waals surface area (Å²) >= 11 is 0. The van der Waals surface area contributed by atoms with Crippen molar-refractivity contribution in [2.75, 3.05) is 13.2 Å². The maximum atomic E-state index is 12.5. The van der Waals surface area contributed by atoms with Crippen LogP contribution in [0.3, 0.4) is 0 Å². The lowest BCUT2D eigenvalue weighted by molar-refractivity contribution is -0.143. The minimum atomic E-state index is -4.88. The van der Waals surface area contributed by atoms with Gasteiger partial charge in [0.2, 0.25) is 5.91 Å². The molecule has 1 aliphatic carbocycles. The van der Waals surface area contributed by atoms with Gasteiger partial charge in [-0.15, -0.1) is 0 Å². The van der Waals surface area contributed by atoms with E-state index in [2.05, 4.69) is 31.4 Å². The van der Waals surface area contributed by atoms with Crippen LogP contribution in [0.4, 0.5) is 26.3 Å². The van der Waals surface area contributed by atoms with Crippen molar-refractivity contribution < 1.29 is 35.9 Å². The highest BCUT2D eigenvalue weighted by Gasteiger charge is 2.36. The van der Waals surface area contributed by atoms with Crippen molar-refractivity contribution in [2.45, 2.75) is 117 Å². The van der Waals surface area contributed by atoms with Crippen molar-refractivity contribution >= 4 is 5.91 Å². The van der Waals surface area contributed by atoms with E-state index in [-0.39, 0.29) is 11.6 Å². The molecule has 1 saturated carbocycles.